The highest BCUT2D eigenvalue weighted by atomic mass is 35.5. The Morgan fingerprint density at radius 3 is 2.39 bits per heavy atom. The quantitative estimate of drug-likeness (QED) is 0.845. The number of carbonyl (C=O) groups is 1. The molecule has 0 saturated carbocycles. The van der Waals surface area contributed by atoms with E-state index in [0.717, 1.165) is 5.56 Å². The maximum Gasteiger partial charge on any atom is 0.258 e. The zero-order chi connectivity index (χ0) is 16.7. The van der Waals surface area contributed by atoms with Gasteiger partial charge in [0.1, 0.15) is 0 Å². The lowest BCUT2D eigenvalue weighted by atomic mass is 10.2. The average molecular weight is 336 g/mol. The Kier molecular flexibility index (Phi) is 6.11. The monoisotopic (exact) mass is 335 g/mol. The third kappa shape index (κ3) is 4.79. The van der Waals surface area contributed by atoms with Gasteiger partial charge in [-0.05, 0) is 29.8 Å². The second kappa shape index (κ2) is 8.29. The largest absolute Gasteiger partial charge is 0.493 e. The van der Waals surface area contributed by atoms with Crippen LogP contribution >= 0.6 is 11.6 Å². The number of hydrogen-bond acceptors (Lipinski definition) is 4. The van der Waals surface area contributed by atoms with E-state index in [1.165, 1.54) is 7.11 Å². The summed E-state index contributed by atoms with van der Waals surface area (Å²) in [6.07, 6.45) is 0. The van der Waals surface area contributed by atoms with Crippen LogP contribution in [0.3, 0.4) is 0 Å². The van der Waals surface area contributed by atoms with Gasteiger partial charge in [0.15, 0.2) is 18.1 Å². The first kappa shape index (κ1) is 17.0. The molecule has 0 aromatic heterocycles. The molecule has 1 amide bonds. The van der Waals surface area contributed by atoms with E-state index in [1.807, 2.05) is 12.1 Å². The molecule has 0 saturated heterocycles. The Balaban J connectivity index is 1.88. The SMILES string of the molecule is COc1cccc(OCC(=O)NCc2ccc(Cl)cc2)c1OC. The molecular weight excluding hydrogens is 318 g/mol. The van der Waals surface area contributed by atoms with Gasteiger partial charge >= 0.3 is 0 Å². The van der Waals surface area contributed by atoms with Crippen LogP contribution in [0.1, 0.15) is 5.56 Å². The van der Waals surface area contributed by atoms with E-state index in [9.17, 15) is 4.79 Å². The van der Waals surface area contributed by atoms with Crippen molar-refractivity contribution in [2.45, 2.75) is 6.54 Å². The number of methoxy groups -OCH3 is 2. The first-order chi connectivity index (χ1) is 11.1. The molecule has 0 spiro atoms. The van der Waals surface area contributed by atoms with E-state index in [1.54, 1.807) is 37.4 Å². The van der Waals surface area contributed by atoms with Crippen LogP contribution < -0.4 is 19.5 Å². The summed E-state index contributed by atoms with van der Waals surface area (Å²) in [5.74, 6) is 1.23. The van der Waals surface area contributed by atoms with Gasteiger partial charge in [-0.25, -0.2) is 0 Å². The minimum atomic E-state index is -0.232. The van der Waals surface area contributed by atoms with Crippen molar-refractivity contribution in [3.05, 3.63) is 53.1 Å². The van der Waals surface area contributed by atoms with Crippen LogP contribution in [0.15, 0.2) is 42.5 Å². The maximum atomic E-state index is 11.9. The minimum absolute atomic E-state index is 0.114. The molecule has 23 heavy (non-hydrogen) atoms. The molecule has 0 heterocycles. The summed E-state index contributed by atoms with van der Waals surface area (Å²) >= 11 is 5.82. The third-order valence-electron chi connectivity index (χ3n) is 3.13. The normalized spacial score (nSPS) is 10.0. The van der Waals surface area contributed by atoms with E-state index in [4.69, 9.17) is 25.8 Å². The number of hydrogen-bond donors (Lipinski definition) is 1. The summed E-state index contributed by atoms with van der Waals surface area (Å²) in [6, 6.07) is 12.5. The number of halogens is 1. The maximum absolute atomic E-state index is 11.9. The van der Waals surface area contributed by atoms with Gasteiger partial charge in [0.25, 0.3) is 5.91 Å². The molecule has 2 aromatic carbocycles. The fraction of sp³-hybridized carbons (Fsp3) is 0.235. The molecule has 0 fully saturated rings. The second-order valence-electron chi connectivity index (χ2n) is 4.68. The number of amides is 1. The van der Waals surface area contributed by atoms with Gasteiger partial charge in [0.05, 0.1) is 14.2 Å². The Morgan fingerprint density at radius 2 is 1.74 bits per heavy atom. The topological polar surface area (TPSA) is 56.8 Å². The summed E-state index contributed by atoms with van der Waals surface area (Å²) in [4.78, 5) is 11.9. The second-order valence-corrected chi connectivity index (χ2v) is 5.12. The lowest BCUT2D eigenvalue weighted by Gasteiger charge is -2.13. The fourth-order valence-corrected chi connectivity index (χ4v) is 2.09. The highest BCUT2D eigenvalue weighted by Crippen LogP contribution is 2.36. The van der Waals surface area contributed by atoms with Crippen LogP contribution in [-0.4, -0.2) is 26.7 Å². The number of para-hydroxylation sites is 1. The molecule has 0 aliphatic heterocycles. The van der Waals surface area contributed by atoms with E-state index >= 15 is 0 Å². The smallest absolute Gasteiger partial charge is 0.258 e. The van der Waals surface area contributed by atoms with Crippen molar-refractivity contribution < 1.29 is 19.0 Å². The standard InChI is InChI=1S/C17H18ClNO4/c1-21-14-4-3-5-15(17(14)22-2)23-11-16(20)19-10-12-6-8-13(18)9-7-12/h3-9H,10-11H2,1-2H3,(H,19,20). The average Bonchev–Trinajstić information content (AvgIpc) is 2.58. The van der Waals surface area contributed by atoms with Crippen molar-refractivity contribution >= 4 is 17.5 Å². The number of rotatable bonds is 7. The van der Waals surface area contributed by atoms with Crippen LogP contribution in [0.2, 0.25) is 5.02 Å². The van der Waals surface area contributed by atoms with Gasteiger partial charge in [-0.15, -0.1) is 0 Å². The summed E-state index contributed by atoms with van der Waals surface area (Å²) in [5.41, 5.74) is 0.960. The van der Waals surface area contributed by atoms with E-state index in [-0.39, 0.29) is 12.5 Å². The van der Waals surface area contributed by atoms with Gasteiger partial charge in [-0.3, -0.25) is 4.79 Å². The number of benzene rings is 2. The zero-order valence-electron chi connectivity index (χ0n) is 13.0. The van der Waals surface area contributed by atoms with Crippen molar-refractivity contribution in [3.8, 4) is 17.2 Å². The minimum Gasteiger partial charge on any atom is -0.493 e. The molecule has 1 N–H and O–H groups in total. The number of carbonyl (C=O) groups excluding carboxylic acids is 1. The molecular formula is C17H18ClNO4. The van der Waals surface area contributed by atoms with Gasteiger partial charge in [-0.2, -0.15) is 0 Å². The Labute approximate surface area is 140 Å². The highest BCUT2D eigenvalue weighted by molar-refractivity contribution is 6.30. The molecule has 2 aromatic rings. The van der Waals surface area contributed by atoms with Gasteiger partial charge in [-0.1, -0.05) is 29.8 Å². The van der Waals surface area contributed by atoms with Crippen molar-refractivity contribution in [2.24, 2.45) is 0 Å². The Hall–Kier alpha value is -2.40. The predicted octanol–water partition coefficient (Wildman–Crippen LogP) is 3.05. The van der Waals surface area contributed by atoms with E-state index in [0.29, 0.717) is 28.8 Å². The molecule has 0 radical (unpaired) electrons. The third-order valence-corrected chi connectivity index (χ3v) is 3.38. The molecule has 2 rings (SSSR count). The van der Waals surface area contributed by atoms with Gasteiger partial charge < -0.3 is 19.5 Å². The summed E-state index contributed by atoms with van der Waals surface area (Å²) in [5, 5.41) is 3.44. The van der Waals surface area contributed by atoms with E-state index in [2.05, 4.69) is 5.32 Å². The predicted molar refractivity (Wildman–Crippen MR) is 88.3 cm³/mol. The van der Waals surface area contributed by atoms with Crippen LogP contribution in [0, 0.1) is 0 Å². The Bertz CT molecular complexity index is 658. The molecule has 122 valence electrons. The number of nitrogens with one attached hydrogen (secondary N) is 1. The molecule has 0 atom stereocenters. The van der Waals surface area contributed by atoms with Crippen molar-refractivity contribution in [3.63, 3.8) is 0 Å². The molecule has 0 unspecified atom stereocenters. The zero-order valence-corrected chi connectivity index (χ0v) is 13.7. The van der Waals surface area contributed by atoms with Gasteiger partial charge in [0.2, 0.25) is 5.75 Å². The summed E-state index contributed by atoms with van der Waals surface area (Å²) in [6.45, 7) is 0.297. The van der Waals surface area contributed by atoms with Crippen molar-refractivity contribution in [1.29, 1.82) is 0 Å². The van der Waals surface area contributed by atoms with Gasteiger partial charge in [0, 0.05) is 11.6 Å². The van der Waals surface area contributed by atoms with Crippen molar-refractivity contribution in [1.82, 2.24) is 5.32 Å². The molecule has 6 heteroatoms. The fourth-order valence-electron chi connectivity index (χ4n) is 1.97. The summed E-state index contributed by atoms with van der Waals surface area (Å²) < 4.78 is 15.9. The Morgan fingerprint density at radius 1 is 1.04 bits per heavy atom. The first-order valence-electron chi connectivity index (χ1n) is 6.99. The molecule has 0 bridgehead atoms. The van der Waals surface area contributed by atoms with E-state index < -0.39 is 0 Å². The molecule has 0 aliphatic carbocycles. The van der Waals surface area contributed by atoms with Crippen LogP contribution in [0.4, 0.5) is 0 Å². The lowest BCUT2D eigenvalue weighted by Crippen LogP contribution is -2.28. The summed E-state index contributed by atoms with van der Waals surface area (Å²) in [7, 11) is 3.06. The first-order valence-corrected chi connectivity index (χ1v) is 7.36. The van der Waals surface area contributed by atoms with Crippen LogP contribution in [0.5, 0.6) is 17.2 Å². The van der Waals surface area contributed by atoms with Crippen LogP contribution in [-0.2, 0) is 11.3 Å². The van der Waals surface area contributed by atoms with Crippen LogP contribution in [0.25, 0.3) is 0 Å². The molecule has 0 aliphatic rings. The highest BCUT2D eigenvalue weighted by Gasteiger charge is 2.12. The molecule has 5 nitrogen and oxygen atoms in total. The van der Waals surface area contributed by atoms with Crippen molar-refractivity contribution in [2.75, 3.05) is 20.8 Å². The lowest BCUT2D eigenvalue weighted by molar-refractivity contribution is -0.123. The number of ether oxygens (including phenoxy) is 3.